The molecular formula is C5H15O10P3. The van der Waals surface area contributed by atoms with Gasteiger partial charge in [0.15, 0.2) is 0 Å². The molecular weight excluding hydrogens is 313 g/mol. The molecule has 10 nitrogen and oxygen atoms in total. The highest BCUT2D eigenvalue weighted by atomic mass is 31.3. The van der Waals surface area contributed by atoms with Gasteiger partial charge in [0.2, 0.25) is 0 Å². The molecule has 0 radical (unpaired) electrons. The molecule has 2 unspecified atom stereocenters. The van der Waals surface area contributed by atoms with Crippen LogP contribution < -0.4 is 0 Å². The second kappa shape index (κ2) is 7.26. The van der Waals surface area contributed by atoms with E-state index in [1.165, 1.54) is 0 Å². The minimum atomic E-state index is -4.57. The van der Waals surface area contributed by atoms with Gasteiger partial charge in [0, 0.05) is 28.4 Å². The number of phosphoric acid groups is 2. The molecule has 0 aromatic carbocycles. The first-order valence-corrected chi connectivity index (χ1v) is 8.92. The summed E-state index contributed by atoms with van der Waals surface area (Å²) in [6, 6.07) is 0. The lowest BCUT2D eigenvalue weighted by atomic mass is 11.7. The fraction of sp³-hybridized carbons (Fsp3) is 1.00. The zero-order valence-electron chi connectivity index (χ0n) is 10.2. The van der Waals surface area contributed by atoms with E-state index in [9.17, 15) is 13.7 Å². The first-order chi connectivity index (χ1) is 8.22. The Bertz CT molecular complexity index is 345. The van der Waals surface area contributed by atoms with Gasteiger partial charge in [-0.3, -0.25) is 18.1 Å². The van der Waals surface area contributed by atoms with Crippen LogP contribution in [0.25, 0.3) is 0 Å². The Labute approximate surface area is 104 Å². The Hall–Kier alpha value is 0.410. The van der Waals surface area contributed by atoms with Gasteiger partial charge >= 0.3 is 23.2 Å². The molecule has 0 aliphatic carbocycles. The summed E-state index contributed by atoms with van der Waals surface area (Å²) < 4.78 is 61.3. The third-order valence-electron chi connectivity index (χ3n) is 1.55. The van der Waals surface area contributed by atoms with E-state index < -0.39 is 29.6 Å². The topological polar surface area (TPSA) is 127 Å². The number of hydrogen-bond donors (Lipinski definition) is 1. The van der Waals surface area contributed by atoms with Crippen molar-refractivity contribution in [1.29, 1.82) is 0 Å². The van der Waals surface area contributed by atoms with Gasteiger partial charge in [0.1, 0.15) is 6.35 Å². The fourth-order valence-corrected chi connectivity index (χ4v) is 5.01. The summed E-state index contributed by atoms with van der Waals surface area (Å²) in [4.78, 5) is 0. The summed E-state index contributed by atoms with van der Waals surface area (Å²) in [6.45, 7) is 0. The quantitative estimate of drug-likeness (QED) is 0.627. The molecule has 0 heterocycles. The van der Waals surface area contributed by atoms with Crippen LogP contribution in [0.3, 0.4) is 0 Å². The highest BCUT2D eigenvalue weighted by molar-refractivity contribution is 7.69. The van der Waals surface area contributed by atoms with Crippen LogP contribution in [-0.2, 0) is 40.4 Å². The number of hydrogen-bond acceptors (Lipinski definition) is 10. The van der Waals surface area contributed by atoms with Crippen LogP contribution >= 0.6 is 23.2 Å². The Morgan fingerprint density at radius 1 is 0.778 bits per heavy atom. The van der Waals surface area contributed by atoms with Crippen LogP contribution in [0.2, 0.25) is 0 Å². The van der Waals surface area contributed by atoms with Crippen LogP contribution in [0, 0.1) is 0 Å². The second-order valence-corrected chi connectivity index (χ2v) is 8.60. The molecule has 110 valence electrons. The highest BCUT2D eigenvalue weighted by Crippen LogP contribution is 2.71. The molecule has 0 amide bonds. The van der Waals surface area contributed by atoms with Crippen LogP contribution in [0.15, 0.2) is 0 Å². The molecule has 0 aromatic rings. The first kappa shape index (κ1) is 18.4. The highest BCUT2D eigenvalue weighted by Gasteiger charge is 2.44. The predicted octanol–water partition coefficient (Wildman–Crippen LogP) is 1.96. The summed E-state index contributed by atoms with van der Waals surface area (Å²) in [5.74, 6) is 0. The molecule has 0 saturated heterocycles. The van der Waals surface area contributed by atoms with E-state index in [4.69, 9.17) is 5.11 Å². The van der Waals surface area contributed by atoms with Gasteiger partial charge in [-0.1, -0.05) is 0 Å². The maximum atomic E-state index is 11.9. The van der Waals surface area contributed by atoms with Gasteiger partial charge in [-0.15, -0.1) is 0 Å². The van der Waals surface area contributed by atoms with Gasteiger partial charge in [-0.25, -0.2) is 13.4 Å². The lowest BCUT2D eigenvalue weighted by Gasteiger charge is -2.22. The second-order valence-electron chi connectivity index (χ2n) is 2.54. The summed E-state index contributed by atoms with van der Waals surface area (Å²) in [5.41, 5.74) is 0. The average Bonchev–Trinajstić information content (AvgIpc) is 2.38. The molecule has 0 saturated carbocycles. The molecule has 0 aliphatic heterocycles. The molecule has 0 aliphatic rings. The van der Waals surface area contributed by atoms with Crippen LogP contribution in [0.4, 0.5) is 0 Å². The standard InChI is InChI=1S/C5H15O10P3/c1-10-16(7,5-6)14-18(9,13-4)15-17(8,11-2)12-3/h6H,5H2,1-4H3. The smallest absolute Gasteiger partial charge is 0.384 e. The van der Waals surface area contributed by atoms with Crippen molar-refractivity contribution in [1.82, 2.24) is 0 Å². The van der Waals surface area contributed by atoms with Gasteiger partial charge < -0.3 is 9.63 Å². The minimum Gasteiger partial charge on any atom is -0.384 e. The predicted molar refractivity (Wildman–Crippen MR) is 60.1 cm³/mol. The molecule has 18 heavy (non-hydrogen) atoms. The molecule has 0 bridgehead atoms. The maximum absolute atomic E-state index is 11.9. The summed E-state index contributed by atoms with van der Waals surface area (Å²) in [6.07, 6.45) is -1.08. The SMILES string of the molecule is COP(=O)(CO)OP(=O)(OC)OP(=O)(OC)OC. The molecule has 1 N–H and O–H groups in total. The fourth-order valence-electron chi connectivity index (χ4n) is 0.614. The van der Waals surface area contributed by atoms with E-state index in [0.717, 1.165) is 28.4 Å². The van der Waals surface area contributed by atoms with Crippen LogP contribution in [-0.4, -0.2) is 39.9 Å². The largest absolute Gasteiger partial charge is 0.490 e. The number of aliphatic hydroxyl groups is 1. The van der Waals surface area contributed by atoms with Crippen molar-refractivity contribution in [2.75, 3.05) is 34.8 Å². The summed E-state index contributed by atoms with van der Waals surface area (Å²) >= 11 is 0. The molecule has 0 rings (SSSR count). The van der Waals surface area contributed by atoms with Crippen molar-refractivity contribution in [3.63, 3.8) is 0 Å². The Balaban J connectivity index is 5.10. The Morgan fingerprint density at radius 2 is 1.22 bits per heavy atom. The van der Waals surface area contributed by atoms with E-state index >= 15 is 0 Å². The Kier molecular flexibility index (Phi) is 7.43. The average molecular weight is 328 g/mol. The normalized spacial score (nSPS) is 19.2. The van der Waals surface area contributed by atoms with Gasteiger partial charge in [-0.2, -0.15) is 4.31 Å². The third kappa shape index (κ3) is 5.19. The minimum absolute atomic E-state index is 0.883. The van der Waals surface area contributed by atoms with Crippen molar-refractivity contribution in [3.8, 4) is 0 Å². The maximum Gasteiger partial charge on any atom is 0.490 e. The van der Waals surface area contributed by atoms with E-state index in [-0.39, 0.29) is 0 Å². The summed E-state index contributed by atoms with van der Waals surface area (Å²) in [5, 5.41) is 8.78. The number of aliphatic hydroxyl groups excluding tert-OH is 1. The Morgan fingerprint density at radius 3 is 1.50 bits per heavy atom. The molecule has 0 spiro atoms. The van der Waals surface area contributed by atoms with Gasteiger partial charge in [-0.05, 0) is 0 Å². The first-order valence-electron chi connectivity index (χ1n) is 4.27. The lowest BCUT2D eigenvalue weighted by Crippen LogP contribution is -2.01. The van der Waals surface area contributed by atoms with E-state index in [0.29, 0.717) is 0 Å². The van der Waals surface area contributed by atoms with Crippen molar-refractivity contribution in [2.45, 2.75) is 0 Å². The molecule has 13 heteroatoms. The van der Waals surface area contributed by atoms with Crippen molar-refractivity contribution in [3.05, 3.63) is 0 Å². The molecule has 2 atom stereocenters. The van der Waals surface area contributed by atoms with Crippen LogP contribution in [0.5, 0.6) is 0 Å². The third-order valence-corrected chi connectivity index (χ3v) is 7.19. The van der Waals surface area contributed by atoms with Crippen molar-refractivity contribution in [2.24, 2.45) is 0 Å². The number of rotatable bonds is 9. The zero-order chi connectivity index (χ0) is 14.4. The lowest BCUT2D eigenvalue weighted by molar-refractivity contribution is 0.165. The van der Waals surface area contributed by atoms with Crippen molar-refractivity contribution >= 4 is 23.2 Å². The zero-order valence-corrected chi connectivity index (χ0v) is 12.9. The van der Waals surface area contributed by atoms with E-state index in [2.05, 4.69) is 26.7 Å². The number of phosphoric ester groups is 1. The van der Waals surface area contributed by atoms with E-state index in [1.807, 2.05) is 0 Å². The summed E-state index contributed by atoms with van der Waals surface area (Å²) in [7, 11) is -9.12. The molecule has 0 aromatic heterocycles. The van der Waals surface area contributed by atoms with Gasteiger partial charge in [0.05, 0.1) is 0 Å². The van der Waals surface area contributed by atoms with E-state index in [1.54, 1.807) is 0 Å². The van der Waals surface area contributed by atoms with Gasteiger partial charge in [0.25, 0.3) is 0 Å². The monoisotopic (exact) mass is 328 g/mol. The van der Waals surface area contributed by atoms with Crippen LogP contribution in [0.1, 0.15) is 0 Å². The molecule has 0 fully saturated rings. The van der Waals surface area contributed by atoms with Crippen molar-refractivity contribution < 1.29 is 45.5 Å².